The van der Waals surface area contributed by atoms with Gasteiger partial charge in [-0.25, -0.2) is 0 Å². The zero-order valence-corrected chi connectivity index (χ0v) is 20.2. The van der Waals surface area contributed by atoms with Gasteiger partial charge in [0.1, 0.15) is 5.75 Å². The van der Waals surface area contributed by atoms with E-state index in [0.717, 1.165) is 52.8 Å². The van der Waals surface area contributed by atoms with Gasteiger partial charge in [0.05, 0.1) is 7.11 Å². The fourth-order valence-corrected chi connectivity index (χ4v) is 4.55. The van der Waals surface area contributed by atoms with Gasteiger partial charge in [0.2, 0.25) is 0 Å². The monoisotopic (exact) mass is 468 g/mol. The molecule has 4 rings (SSSR count). The van der Waals surface area contributed by atoms with Gasteiger partial charge in [-0.1, -0.05) is 72.8 Å². The average Bonchev–Trinajstić information content (AvgIpc) is 2.93. The van der Waals surface area contributed by atoms with Crippen molar-refractivity contribution < 1.29 is 14.3 Å². The van der Waals surface area contributed by atoms with E-state index >= 15 is 0 Å². The first-order valence-electron chi connectivity index (χ1n) is 12.2. The van der Waals surface area contributed by atoms with Gasteiger partial charge in [0, 0.05) is 19.6 Å². The fourth-order valence-electron chi connectivity index (χ4n) is 4.55. The fraction of sp³-hybridized carbons (Fsp3) is 0.267. The van der Waals surface area contributed by atoms with Crippen molar-refractivity contribution in [1.82, 2.24) is 10.2 Å². The molecule has 35 heavy (non-hydrogen) atoms. The van der Waals surface area contributed by atoms with Crippen molar-refractivity contribution in [3.8, 4) is 5.75 Å². The molecule has 0 spiro atoms. The van der Waals surface area contributed by atoms with Gasteiger partial charge in [-0.2, -0.15) is 0 Å². The summed E-state index contributed by atoms with van der Waals surface area (Å²) in [6.45, 7) is 1.70. The summed E-state index contributed by atoms with van der Waals surface area (Å²) in [5.74, 6) is -0.149. The van der Waals surface area contributed by atoms with Gasteiger partial charge in [0.15, 0.2) is 0 Å². The minimum absolute atomic E-state index is 0.370. The summed E-state index contributed by atoms with van der Waals surface area (Å²) >= 11 is 0. The van der Waals surface area contributed by atoms with Crippen LogP contribution < -0.4 is 10.1 Å². The molecule has 2 amide bonds. The lowest BCUT2D eigenvalue weighted by atomic mass is 9.88. The van der Waals surface area contributed by atoms with Crippen LogP contribution in [0.2, 0.25) is 0 Å². The number of carbonyl (C=O) groups excluding carboxylic acids is 2. The van der Waals surface area contributed by atoms with E-state index in [1.54, 1.807) is 12.0 Å². The van der Waals surface area contributed by atoms with Gasteiger partial charge in [0.25, 0.3) is 0 Å². The molecule has 0 unspecified atom stereocenters. The first kappa shape index (κ1) is 24.3. The van der Waals surface area contributed by atoms with Crippen LogP contribution in [0, 0.1) is 0 Å². The molecule has 5 nitrogen and oxygen atoms in total. The summed E-state index contributed by atoms with van der Waals surface area (Å²) in [6, 6.07) is 28.5. The molecule has 3 aromatic carbocycles. The second-order valence-corrected chi connectivity index (χ2v) is 8.67. The number of nitrogens with zero attached hydrogens (tertiary/aromatic N) is 1. The summed E-state index contributed by atoms with van der Waals surface area (Å²) in [7, 11) is 1.66. The van der Waals surface area contributed by atoms with Gasteiger partial charge in [-0.3, -0.25) is 9.59 Å². The van der Waals surface area contributed by atoms with Crippen molar-refractivity contribution >= 4 is 23.0 Å². The van der Waals surface area contributed by atoms with Crippen LogP contribution >= 0.6 is 0 Å². The highest BCUT2D eigenvalue weighted by atomic mass is 16.5. The molecule has 1 saturated heterocycles. The van der Waals surface area contributed by atoms with Crippen molar-refractivity contribution in [3.63, 3.8) is 0 Å². The third-order valence-electron chi connectivity index (χ3n) is 6.36. The number of methoxy groups -OCH3 is 1. The van der Waals surface area contributed by atoms with E-state index in [1.165, 1.54) is 0 Å². The molecule has 0 radical (unpaired) electrons. The smallest absolute Gasteiger partial charge is 0.311 e. The Balaban J connectivity index is 1.65. The van der Waals surface area contributed by atoms with Crippen molar-refractivity contribution in [1.29, 1.82) is 0 Å². The number of benzene rings is 3. The lowest BCUT2D eigenvalue weighted by Gasteiger charge is -2.26. The Bertz CT molecular complexity index is 1150. The van der Waals surface area contributed by atoms with Crippen molar-refractivity contribution in [2.75, 3.05) is 26.7 Å². The second-order valence-electron chi connectivity index (χ2n) is 8.67. The number of hydrogen-bond donors (Lipinski definition) is 1. The Morgan fingerprint density at radius 1 is 0.771 bits per heavy atom. The molecule has 1 heterocycles. The molecule has 1 N–H and O–H groups in total. The molecule has 0 atom stereocenters. The molecule has 0 aromatic heterocycles. The van der Waals surface area contributed by atoms with E-state index in [1.807, 2.05) is 48.5 Å². The summed E-state index contributed by atoms with van der Waals surface area (Å²) < 4.78 is 5.36. The Morgan fingerprint density at radius 3 is 1.94 bits per heavy atom. The maximum Gasteiger partial charge on any atom is 0.311 e. The van der Waals surface area contributed by atoms with E-state index in [-0.39, 0.29) is 0 Å². The van der Waals surface area contributed by atoms with Crippen LogP contribution in [0.1, 0.15) is 42.4 Å². The van der Waals surface area contributed by atoms with Gasteiger partial charge >= 0.3 is 11.8 Å². The topological polar surface area (TPSA) is 58.6 Å². The number of nitrogens with one attached hydrogen (secondary N) is 1. The highest BCUT2D eigenvalue weighted by molar-refractivity contribution is 6.35. The Labute approximate surface area is 207 Å². The zero-order chi connectivity index (χ0) is 24.5. The molecule has 1 aliphatic heterocycles. The SMILES string of the molecule is COc1ccc(C(=C(CCNC(=O)C(=O)N2CCCCC2)c2ccccc2)c2ccccc2)cc1. The number of rotatable bonds is 7. The summed E-state index contributed by atoms with van der Waals surface area (Å²) in [5, 5.41) is 2.87. The maximum atomic E-state index is 12.6. The minimum atomic E-state index is -0.523. The van der Waals surface area contributed by atoms with E-state index in [0.29, 0.717) is 26.1 Å². The highest BCUT2D eigenvalue weighted by Crippen LogP contribution is 2.34. The molecule has 0 bridgehead atoms. The van der Waals surface area contributed by atoms with Crippen LogP contribution in [0.25, 0.3) is 11.1 Å². The number of carbonyl (C=O) groups is 2. The largest absolute Gasteiger partial charge is 0.497 e. The molecule has 3 aromatic rings. The molecule has 0 aliphatic carbocycles. The lowest BCUT2D eigenvalue weighted by molar-refractivity contribution is -0.146. The number of likely N-dealkylation sites (tertiary alicyclic amines) is 1. The van der Waals surface area contributed by atoms with Crippen LogP contribution in [-0.4, -0.2) is 43.5 Å². The van der Waals surface area contributed by atoms with E-state index in [2.05, 4.69) is 41.7 Å². The summed E-state index contributed by atoms with van der Waals surface area (Å²) in [6.07, 6.45) is 3.62. The molecule has 1 aliphatic rings. The average molecular weight is 469 g/mol. The molecular weight excluding hydrogens is 436 g/mol. The van der Waals surface area contributed by atoms with Crippen LogP contribution in [0.3, 0.4) is 0 Å². The Hall–Kier alpha value is -3.86. The van der Waals surface area contributed by atoms with Crippen LogP contribution in [0.15, 0.2) is 84.9 Å². The van der Waals surface area contributed by atoms with E-state index < -0.39 is 11.8 Å². The second kappa shape index (κ2) is 12.0. The van der Waals surface area contributed by atoms with Gasteiger partial charge in [-0.15, -0.1) is 0 Å². The Morgan fingerprint density at radius 2 is 1.34 bits per heavy atom. The number of amides is 2. The Kier molecular flexibility index (Phi) is 8.34. The first-order valence-corrected chi connectivity index (χ1v) is 12.2. The van der Waals surface area contributed by atoms with Crippen LogP contribution in [0.5, 0.6) is 5.75 Å². The van der Waals surface area contributed by atoms with Gasteiger partial charge < -0.3 is 15.0 Å². The molecule has 5 heteroatoms. The predicted octanol–water partition coefficient (Wildman–Crippen LogP) is 5.17. The third kappa shape index (κ3) is 6.18. The lowest BCUT2D eigenvalue weighted by Crippen LogP contribution is -2.45. The van der Waals surface area contributed by atoms with E-state index in [9.17, 15) is 9.59 Å². The zero-order valence-electron chi connectivity index (χ0n) is 20.2. The minimum Gasteiger partial charge on any atom is -0.497 e. The molecule has 180 valence electrons. The van der Waals surface area contributed by atoms with Crippen molar-refractivity contribution in [3.05, 3.63) is 102 Å². The number of hydrogen-bond acceptors (Lipinski definition) is 3. The third-order valence-corrected chi connectivity index (χ3v) is 6.36. The highest BCUT2D eigenvalue weighted by Gasteiger charge is 2.23. The quantitative estimate of drug-likeness (QED) is 0.384. The first-order chi connectivity index (χ1) is 17.2. The standard InChI is InChI=1S/C30H32N2O3/c1-35-26-17-15-25(16-18-26)28(24-13-7-3-8-14-24)27(23-11-5-2-6-12-23)19-20-31-29(33)30(34)32-21-9-4-10-22-32/h2-3,5-8,11-18H,4,9-10,19-22H2,1H3,(H,31,33). The number of ether oxygens (including phenoxy) is 1. The number of piperidine rings is 1. The van der Waals surface area contributed by atoms with Crippen molar-refractivity contribution in [2.24, 2.45) is 0 Å². The molecule has 0 saturated carbocycles. The molecule has 1 fully saturated rings. The van der Waals surface area contributed by atoms with Crippen LogP contribution in [0.4, 0.5) is 0 Å². The molecular formula is C30H32N2O3. The van der Waals surface area contributed by atoms with Crippen molar-refractivity contribution in [2.45, 2.75) is 25.7 Å². The van der Waals surface area contributed by atoms with Crippen LogP contribution in [-0.2, 0) is 9.59 Å². The summed E-state index contributed by atoms with van der Waals surface area (Å²) in [5.41, 5.74) is 5.43. The summed E-state index contributed by atoms with van der Waals surface area (Å²) in [4.78, 5) is 26.8. The maximum absolute atomic E-state index is 12.6. The van der Waals surface area contributed by atoms with E-state index in [4.69, 9.17) is 4.74 Å². The predicted molar refractivity (Wildman–Crippen MR) is 140 cm³/mol. The van der Waals surface area contributed by atoms with Gasteiger partial charge in [-0.05, 0) is 65.7 Å². The normalized spacial score (nSPS) is 14.1.